The van der Waals surface area contributed by atoms with Gasteiger partial charge in [-0.05, 0) is 12.1 Å². The lowest BCUT2D eigenvalue weighted by molar-refractivity contribution is -0.137. The predicted octanol–water partition coefficient (Wildman–Crippen LogP) is 1.11. The molecule has 0 atom stereocenters. The van der Waals surface area contributed by atoms with Crippen LogP contribution < -0.4 is 11.2 Å². The number of rotatable bonds is 3. The Bertz CT molecular complexity index is 1270. The van der Waals surface area contributed by atoms with E-state index >= 15 is 0 Å². The van der Waals surface area contributed by atoms with Crippen molar-refractivity contribution in [2.45, 2.75) is 12.1 Å². The molecule has 2 heterocycles. The van der Waals surface area contributed by atoms with E-state index in [4.69, 9.17) is 0 Å². The Morgan fingerprint density at radius 3 is 2.41 bits per heavy atom. The number of hydrogen-bond donors (Lipinski definition) is 1. The minimum absolute atomic E-state index is 0.0375. The van der Waals surface area contributed by atoms with E-state index in [1.165, 1.54) is 24.0 Å². The van der Waals surface area contributed by atoms with Crippen molar-refractivity contribution < 1.29 is 21.6 Å². The monoisotopic (exact) mass is 402 g/mol. The van der Waals surface area contributed by atoms with Gasteiger partial charge < -0.3 is 9.55 Å². The van der Waals surface area contributed by atoms with E-state index in [1.807, 2.05) is 0 Å². The molecule has 0 unspecified atom stereocenters. The maximum absolute atomic E-state index is 13.5. The third-order valence-electron chi connectivity index (χ3n) is 3.85. The molecule has 0 fully saturated rings. The molecule has 0 radical (unpaired) electrons. The van der Waals surface area contributed by atoms with Crippen LogP contribution in [0.5, 0.6) is 0 Å². The molecule has 0 aliphatic carbocycles. The van der Waals surface area contributed by atoms with Crippen molar-refractivity contribution >= 4 is 20.7 Å². The summed E-state index contributed by atoms with van der Waals surface area (Å²) in [5.74, 6) is -0.931. The number of nitrogens with one attached hydrogen (secondary N) is 1. The second kappa shape index (κ2) is 6.08. The van der Waals surface area contributed by atoms with E-state index in [0.717, 1.165) is 12.3 Å². The Labute approximate surface area is 149 Å². The second-order valence-electron chi connectivity index (χ2n) is 6.02. The highest BCUT2D eigenvalue weighted by Gasteiger charge is 2.35. The van der Waals surface area contributed by atoms with Crippen molar-refractivity contribution in [1.82, 2.24) is 19.1 Å². The number of sulfone groups is 1. The van der Waals surface area contributed by atoms with E-state index in [-0.39, 0.29) is 22.3 Å². The zero-order chi connectivity index (χ0) is 20.1. The highest BCUT2D eigenvalue weighted by Crippen LogP contribution is 2.37. The normalized spacial score (nSPS) is 12.6. The van der Waals surface area contributed by atoms with Crippen molar-refractivity contribution in [2.75, 3.05) is 6.26 Å². The van der Waals surface area contributed by atoms with Crippen LogP contribution in [0.2, 0.25) is 0 Å². The van der Waals surface area contributed by atoms with E-state index in [9.17, 15) is 31.2 Å². The van der Waals surface area contributed by atoms with Gasteiger partial charge in [-0.2, -0.15) is 13.2 Å². The Balaban J connectivity index is 2.43. The Kier molecular flexibility index (Phi) is 4.25. The van der Waals surface area contributed by atoms with Gasteiger partial charge in [0.25, 0.3) is 5.56 Å². The number of aryl methyl sites for hydroxylation is 1. The standard InChI is InChI=1S/C15H13F3N4O4S/c1-21-4-3-19-12(21)8-5-9-11(6-10(8)15(16,17)18)20-14(24)22(13(9)23)7-27(2,25)26/h3-6H,7H2,1-2H3,(H,20,24). The highest BCUT2D eigenvalue weighted by atomic mass is 32.2. The molecular weight excluding hydrogens is 389 g/mol. The van der Waals surface area contributed by atoms with Crippen LogP contribution in [0.25, 0.3) is 22.3 Å². The molecule has 0 bridgehead atoms. The fourth-order valence-corrected chi connectivity index (χ4v) is 3.40. The van der Waals surface area contributed by atoms with Crippen LogP contribution in [0.1, 0.15) is 5.56 Å². The minimum atomic E-state index is -4.77. The number of aromatic amines is 1. The van der Waals surface area contributed by atoms with Gasteiger partial charge in [-0.25, -0.2) is 22.8 Å². The lowest BCUT2D eigenvalue weighted by Gasteiger charge is -2.14. The first-order chi connectivity index (χ1) is 12.4. The first kappa shape index (κ1) is 18.9. The van der Waals surface area contributed by atoms with Crippen LogP contribution in [0.3, 0.4) is 0 Å². The zero-order valence-electron chi connectivity index (χ0n) is 14.0. The van der Waals surface area contributed by atoms with Crippen molar-refractivity contribution in [1.29, 1.82) is 0 Å². The van der Waals surface area contributed by atoms with Crippen LogP contribution in [-0.4, -0.2) is 33.8 Å². The molecular formula is C15H13F3N4O4S. The number of alkyl halides is 3. The van der Waals surface area contributed by atoms with E-state index in [1.54, 1.807) is 0 Å². The number of H-pyrrole nitrogens is 1. The summed E-state index contributed by atoms with van der Waals surface area (Å²) in [6.45, 7) is 0. The number of aromatic nitrogens is 4. The van der Waals surface area contributed by atoms with E-state index in [2.05, 4.69) is 9.97 Å². The number of halogens is 3. The number of imidazole rings is 1. The molecule has 1 aromatic carbocycles. The SMILES string of the molecule is Cn1ccnc1-c1cc2c(=O)n(CS(C)(=O)=O)c(=O)[nH]c2cc1C(F)(F)F. The number of benzene rings is 1. The Morgan fingerprint density at radius 2 is 1.89 bits per heavy atom. The maximum Gasteiger partial charge on any atom is 0.417 e. The van der Waals surface area contributed by atoms with E-state index < -0.39 is 38.7 Å². The third kappa shape index (κ3) is 3.52. The molecule has 12 heteroatoms. The molecule has 0 aliphatic heterocycles. The van der Waals surface area contributed by atoms with Gasteiger partial charge >= 0.3 is 11.9 Å². The summed E-state index contributed by atoms with van der Waals surface area (Å²) in [6.07, 6.45) is -1.20. The minimum Gasteiger partial charge on any atom is -0.334 e. The van der Waals surface area contributed by atoms with Crippen molar-refractivity contribution in [2.24, 2.45) is 7.05 Å². The average Bonchev–Trinajstić information content (AvgIpc) is 2.94. The zero-order valence-corrected chi connectivity index (χ0v) is 14.8. The molecule has 0 saturated carbocycles. The lowest BCUT2D eigenvalue weighted by atomic mass is 10.0. The molecule has 0 aliphatic rings. The fraction of sp³-hybridized carbons (Fsp3) is 0.267. The van der Waals surface area contributed by atoms with Crippen molar-refractivity contribution in [3.8, 4) is 11.4 Å². The smallest absolute Gasteiger partial charge is 0.334 e. The summed E-state index contributed by atoms with van der Waals surface area (Å²) < 4.78 is 65.2. The molecule has 3 rings (SSSR count). The molecule has 0 amide bonds. The van der Waals surface area contributed by atoms with Gasteiger partial charge in [0.15, 0.2) is 9.84 Å². The van der Waals surface area contributed by atoms with Crippen molar-refractivity contribution in [3.05, 3.63) is 50.9 Å². The maximum atomic E-state index is 13.5. The van der Waals surface area contributed by atoms with Gasteiger partial charge in [-0.3, -0.25) is 4.79 Å². The number of fused-ring (bicyclic) bond motifs is 1. The molecule has 0 spiro atoms. The molecule has 0 saturated heterocycles. The highest BCUT2D eigenvalue weighted by molar-refractivity contribution is 7.89. The Hall–Kier alpha value is -2.89. The molecule has 1 N–H and O–H groups in total. The van der Waals surface area contributed by atoms with Gasteiger partial charge in [0.2, 0.25) is 0 Å². The largest absolute Gasteiger partial charge is 0.417 e. The van der Waals surface area contributed by atoms with E-state index in [0.29, 0.717) is 10.6 Å². The summed E-state index contributed by atoms with van der Waals surface area (Å²) in [5.41, 5.74) is -3.92. The van der Waals surface area contributed by atoms with Crippen LogP contribution in [0.15, 0.2) is 34.1 Å². The summed E-state index contributed by atoms with van der Waals surface area (Å²) in [6, 6.07) is 1.60. The van der Waals surface area contributed by atoms with Crippen LogP contribution in [0, 0.1) is 0 Å². The molecule has 2 aromatic heterocycles. The first-order valence-corrected chi connectivity index (χ1v) is 9.48. The fourth-order valence-electron chi connectivity index (χ4n) is 2.70. The molecule has 3 aromatic rings. The van der Waals surface area contributed by atoms with Crippen molar-refractivity contribution in [3.63, 3.8) is 0 Å². The molecule has 27 heavy (non-hydrogen) atoms. The third-order valence-corrected chi connectivity index (χ3v) is 4.58. The second-order valence-corrected chi connectivity index (χ2v) is 8.13. The molecule has 8 nitrogen and oxygen atoms in total. The summed E-state index contributed by atoms with van der Waals surface area (Å²) >= 11 is 0. The van der Waals surface area contributed by atoms with Crippen LogP contribution in [0.4, 0.5) is 13.2 Å². The summed E-state index contributed by atoms with van der Waals surface area (Å²) in [4.78, 5) is 30.6. The van der Waals surface area contributed by atoms with Gasteiger partial charge in [-0.15, -0.1) is 0 Å². The van der Waals surface area contributed by atoms with Gasteiger partial charge in [0.1, 0.15) is 11.7 Å². The van der Waals surface area contributed by atoms with Gasteiger partial charge in [0.05, 0.1) is 16.5 Å². The first-order valence-electron chi connectivity index (χ1n) is 7.42. The number of hydrogen-bond acceptors (Lipinski definition) is 5. The summed E-state index contributed by atoms with van der Waals surface area (Å²) in [5, 5.41) is -0.260. The van der Waals surface area contributed by atoms with Gasteiger partial charge in [-0.1, -0.05) is 0 Å². The number of nitrogens with zero attached hydrogens (tertiary/aromatic N) is 3. The quantitative estimate of drug-likeness (QED) is 0.706. The topological polar surface area (TPSA) is 107 Å². The molecule has 144 valence electrons. The average molecular weight is 402 g/mol. The Morgan fingerprint density at radius 1 is 1.22 bits per heavy atom. The van der Waals surface area contributed by atoms with Crippen LogP contribution in [-0.2, 0) is 28.9 Å². The van der Waals surface area contributed by atoms with Crippen LogP contribution >= 0.6 is 0 Å². The lowest BCUT2D eigenvalue weighted by Crippen LogP contribution is -2.37. The van der Waals surface area contributed by atoms with Gasteiger partial charge in [0, 0.05) is 31.3 Å². The predicted molar refractivity (Wildman–Crippen MR) is 90.9 cm³/mol. The summed E-state index contributed by atoms with van der Waals surface area (Å²) in [7, 11) is -2.25.